The predicted octanol–water partition coefficient (Wildman–Crippen LogP) is 2.51. The van der Waals surface area contributed by atoms with Gasteiger partial charge in [-0.15, -0.1) is 0 Å². The summed E-state index contributed by atoms with van der Waals surface area (Å²) >= 11 is 0. The highest BCUT2D eigenvalue weighted by molar-refractivity contribution is 5.82. The Morgan fingerprint density at radius 3 is 2.67 bits per heavy atom. The number of likely N-dealkylation sites (N-methyl/N-ethyl adjacent to an activating group) is 1. The predicted molar refractivity (Wildman–Crippen MR) is 84.7 cm³/mol. The van der Waals surface area contributed by atoms with Crippen molar-refractivity contribution >= 4 is 16.6 Å². The Labute approximate surface area is 122 Å². The van der Waals surface area contributed by atoms with E-state index in [0.29, 0.717) is 11.9 Å². The number of anilines is 1. The zero-order chi connectivity index (χ0) is 14.4. The maximum Gasteiger partial charge on any atom is 0.261 e. The van der Waals surface area contributed by atoms with Crippen LogP contribution in [0.4, 0.5) is 5.69 Å². The Balaban J connectivity index is 2.13. The van der Waals surface area contributed by atoms with Gasteiger partial charge in [-0.05, 0) is 24.3 Å². The molecule has 104 valence electrons. The molecule has 3 aromatic rings. The van der Waals surface area contributed by atoms with E-state index in [-0.39, 0.29) is 5.56 Å². The summed E-state index contributed by atoms with van der Waals surface area (Å²) in [5.74, 6) is 0.763. The van der Waals surface area contributed by atoms with Crippen molar-refractivity contribution < 1.29 is 0 Å². The third kappa shape index (κ3) is 1.76. The molecule has 4 rings (SSSR count). The van der Waals surface area contributed by atoms with Gasteiger partial charge in [-0.2, -0.15) is 0 Å². The number of nitrogens with zero attached hydrogens (tertiary/aromatic N) is 3. The molecule has 0 radical (unpaired) electrons. The molecule has 21 heavy (non-hydrogen) atoms. The minimum atomic E-state index is 0.0423. The van der Waals surface area contributed by atoms with Crippen molar-refractivity contribution in [2.24, 2.45) is 0 Å². The third-order valence-corrected chi connectivity index (χ3v) is 4.08. The summed E-state index contributed by atoms with van der Waals surface area (Å²) in [5, 5.41) is 0.684. The van der Waals surface area contributed by atoms with E-state index in [2.05, 4.69) is 18.0 Å². The van der Waals surface area contributed by atoms with Gasteiger partial charge in [-0.3, -0.25) is 9.36 Å². The first-order valence-electron chi connectivity index (χ1n) is 7.06. The standard InChI is InChI=1S/C17H15N3O/c1-19-10-11-20-16(13-7-3-5-9-15(13)19)18-14-8-4-2-6-12(14)17(20)21/h2-9H,10-11H2,1H3. The van der Waals surface area contributed by atoms with Crippen LogP contribution in [0.5, 0.6) is 0 Å². The van der Waals surface area contributed by atoms with Crippen molar-refractivity contribution in [2.45, 2.75) is 6.54 Å². The highest BCUT2D eigenvalue weighted by Gasteiger charge is 2.20. The number of aromatic nitrogens is 2. The average Bonchev–Trinajstić information content (AvgIpc) is 2.66. The molecule has 1 aliphatic heterocycles. The topological polar surface area (TPSA) is 38.1 Å². The molecule has 0 fully saturated rings. The van der Waals surface area contributed by atoms with Crippen LogP contribution in [0.15, 0.2) is 53.3 Å². The number of para-hydroxylation sites is 2. The van der Waals surface area contributed by atoms with Gasteiger partial charge in [0.05, 0.1) is 10.9 Å². The number of hydrogen-bond donors (Lipinski definition) is 0. The Hall–Kier alpha value is -2.62. The monoisotopic (exact) mass is 277 g/mol. The lowest BCUT2D eigenvalue weighted by atomic mass is 10.1. The lowest BCUT2D eigenvalue weighted by Crippen LogP contribution is -2.27. The van der Waals surface area contributed by atoms with Crippen LogP contribution >= 0.6 is 0 Å². The smallest absolute Gasteiger partial charge is 0.261 e. The minimum absolute atomic E-state index is 0.0423. The van der Waals surface area contributed by atoms with Crippen molar-refractivity contribution in [1.29, 1.82) is 0 Å². The van der Waals surface area contributed by atoms with Crippen LogP contribution < -0.4 is 10.5 Å². The summed E-state index contributed by atoms with van der Waals surface area (Å²) in [5.41, 5.74) is 2.93. The first-order valence-corrected chi connectivity index (χ1v) is 7.06. The number of rotatable bonds is 0. The molecule has 0 amide bonds. The van der Waals surface area contributed by atoms with E-state index in [4.69, 9.17) is 4.98 Å². The first kappa shape index (κ1) is 12.1. The lowest BCUT2D eigenvalue weighted by molar-refractivity contribution is 0.675. The summed E-state index contributed by atoms with van der Waals surface area (Å²) in [6.07, 6.45) is 0. The highest BCUT2D eigenvalue weighted by Crippen LogP contribution is 2.31. The Kier molecular flexibility index (Phi) is 2.57. The van der Waals surface area contributed by atoms with Gasteiger partial charge in [0.1, 0.15) is 5.82 Å². The second kappa shape index (κ2) is 4.45. The van der Waals surface area contributed by atoms with Crippen LogP contribution in [0.2, 0.25) is 0 Å². The van der Waals surface area contributed by atoms with Gasteiger partial charge in [0.15, 0.2) is 0 Å². The summed E-state index contributed by atoms with van der Waals surface area (Å²) in [4.78, 5) is 19.7. The van der Waals surface area contributed by atoms with E-state index in [1.165, 1.54) is 0 Å². The molecule has 0 unspecified atom stereocenters. The van der Waals surface area contributed by atoms with Crippen molar-refractivity contribution in [2.75, 3.05) is 18.5 Å². The number of benzene rings is 2. The average molecular weight is 277 g/mol. The van der Waals surface area contributed by atoms with Crippen LogP contribution in [0, 0.1) is 0 Å². The summed E-state index contributed by atoms with van der Waals surface area (Å²) in [7, 11) is 2.05. The molecular formula is C17H15N3O. The zero-order valence-corrected chi connectivity index (χ0v) is 11.8. The fourth-order valence-electron chi connectivity index (χ4n) is 2.95. The Morgan fingerprint density at radius 2 is 1.76 bits per heavy atom. The normalized spacial score (nSPS) is 13.7. The fraction of sp³-hybridized carbons (Fsp3) is 0.176. The van der Waals surface area contributed by atoms with E-state index < -0.39 is 0 Å². The largest absolute Gasteiger partial charge is 0.372 e. The summed E-state index contributed by atoms with van der Waals surface area (Å²) < 4.78 is 1.80. The molecule has 0 saturated carbocycles. The minimum Gasteiger partial charge on any atom is -0.372 e. The van der Waals surface area contributed by atoms with Crippen molar-refractivity contribution in [3.05, 3.63) is 58.9 Å². The first-order chi connectivity index (χ1) is 10.3. The zero-order valence-electron chi connectivity index (χ0n) is 11.8. The third-order valence-electron chi connectivity index (χ3n) is 4.08. The maximum atomic E-state index is 12.7. The molecule has 4 heteroatoms. The maximum absolute atomic E-state index is 12.7. The second-order valence-electron chi connectivity index (χ2n) is 5.35. The fourth-order valence-corrected chi connectivity index (χ4v) is 2.95. The molecule has 2 heterocycles. The van der Waals surface area contributed by atoms with E-state index in [9.17, 15) is 4.79 Å². The summed E-state index contributed by atoms with van der Waals surface area (Å²) in [6, 6.07) is 15.7. The van der Waals surface area contributed by atoms with Crippen molar-refractivity contribution in [1.82, 2.24) is 9.55 Å². The molecule has 0 spiro atoms. The quantitative estimate of drug-likeness (QED) is 0.633. The summed E-state index contributed by atoms with van der Waals surface area (Å²) in [6.45, 7) is 1.45. The van der Waals surface area contributed by atoms with Crippen LogP contribution in [-0.4, -0.2) is 23.1 Å². The van der Waals surface area contributed by atoms with E-state index >= 15 is 0 Å². The van der Waals surface area contributed by atoms with Crippen molar-refractivity contribution in [3.8, 4) is 11.4 Å². The van der Waals surface area contributed by atoms with Crippen LogP contribution in [0.3, 0.4) is 0 Å². The molecule has 1 aliphatic rings. The van der Waals surface area contributed by atoms with E-state index in [1.807, 2.05) is 42.5 Å². The van der Waals surface area contributed by atoms with Crippen LogP contribution in [0.1, 0.15) is 0 Å². The highest BCUT2D eigenvalue weighted by atomic mass is 16.1. The van der Waals surface area contributed by atoms with Crippen LogP contribution in [0.25, 0.3) is 22.3 Å². The molecule has 0 N–H and O–H groups in total. The van der Waals surface area contributed by atoms with Gasteiger partial charge < -0.3 is 4.90 Å². The van der Waals surface area contributed by atoms with Crippen LogP contribution in [-0.2, 0) is 6.54 Å². The van der Waals surface area contributed by atoms with Gasteiger partial charge in [0, 0.05) is 31.4 Å². The lowest BCUT2D eigenvalue weighted by Gasteiger charge is -2.17. The number of fused-ring (bicyclic) bond motifs is 4. The SMILES string of the molecule is CN1CCn2c(nc3ccccc3c2=O)-c2ccccc21. The van der Waals surface area contributed by atoms with Gasteiger partial charge in [0.2, 0.25) is 0 Å². The molecule has 4 nitrogen and oxygen atoms in total. The van der Waals surface area contributed by atoms with Gasteiger partial charge in [0.25, 0.3) is 5.56 Å². The molecular weight excluding hydrogens is 262 g/mol. The van der Waals surface area contributed by atoms with Crippen molar-refractivity contribution in [3.63, 3.8) is 0 Å². The molecule has 1 aromatic heterocycles. The Bertz CT molecular complexity index is 898. The molecule has 0 saturated heterocycles. The molecule has 0 bridgehead atoms. The van der Waals surface area contributed by atoms with Gasteiger partial charge in [-0.1, -0.05) is 24.3 Å². The van der Waals surface area contributed by atoms with E-state index in [0.717, 1.165) is 29.1 Å². The second-order valence-corrected chi connectivity index (χ2v) is 5.35. The molecule has 2 aromatic carbocycles. The van der Waals surface area contributed by atoms with Gasteiger partial charge in [-0.25, -0.2) is 4.98 Å². The molecule has 0 atom stereocenters. The van der Waals surface area contributed by atoms with E-state index in [1.54, 1.807) is 4.57 Å². The van der Waals surface area contributed by atoms with Gasteiger partial charge >= 0.3 is 0 Å². The number of hydrogen-bond acceptors (Lipinski definition) is 3. The molecule has 0 aliphatic carbocycles. The Morgan fingerprint density at radius 1 is 1.00 bits per heavy atom.